The Bertz CT molecular complexity index is 1170. The molecule has 0 bridgehead atoms. The number of aryl methyl sites for hydroxylation is 1. The van der Waals surface area contributed by atoms with Crippen molar-refractivity contribution in [2.24, 2.45) is 0 Å². The number of pyridine rings is 1. The molecule has 31 heavy (non-hydrogen) atoms. The molecule has 5 rings (SSSR count). The van der Waals surface area contributed by atoms with Gasteiger partial charge < -0.3 is 10.1 Å². The summed E-state index contributed by atoms with van der Waals surface area (Å²) in [7, 11) is 0. The predicted molar refractivity (Wildman–Crippen MR) is 108 cm³/mol. The minimum atomic E-state index is -4.78. The lowest BCUT2D eigenvalue weighted by atomic mass is 9.97. The van der Waals surface area contributed by atoms with Crippen LogP contribution in [-0.4, -0.2) is 40.1 Å². The van der Waals surface area contributed by atoms with Gasteiger partial charge >= 0.3 is 12.3 Å². The van der Waals surface area contributed by atoms with E-state index in [9.17, 15) is 18.0 Å². The number of alkyl halides is 3. The van der Waals surface area contributed by atoms with Gasteiger partial charge in [0.2, 0.25) is 6.10 Å². The summed E-state index contributed by atoms with van der Waals surface area (Å²) in [6.07, 6.45) is -5.25. The molecule has 0 unspecified atom stereocenters. The van der Waals surface area contributed by atoms with Gasteiger partial charge in [-0.05, 0) is 44.5 Å². The van der Waals surface area contributed by atoms with Gasteiger partial charge in [-0.2, -0.15) is 18.3 Å². The maximum absolute atomic E-state index is 13.8. The van der Waals surface area contributed by atoms with Crippen LogP contribution in [0.15, 0.2) is 30.5 Å². The average Bonchev–Trinajstić information content (AvgIpc) is 3.13. The topological polar surface area (TPSA) is 81.1 Å². The van der Waals surface area contributed by atoms with Crippen molar-refractivity contribution < 1.29 is 22.7 Å². The first-order valence-corrected chi connectivity index (χ1v) is 10.1. The molecule has 0 aliphatic carbocycles. The lowest BCUT2D eigenvalue weighted by molar-refractivity contribution is -0.206. The van der Waals surface area contributed by atoms with E-state index in [0.717, 1.165) is 42.4 Å². The number of anilines is 1. The maximum Gasteiger partial charge on any atom is 0.430 e. The third-order valence-electron chi connectivity index (χ3n) is 5.83. The van der Waals surface area contributed by atoms with Gasteiger partial charge in [0.05, 0.1) is 17.1 Å². The fourth-order valence-electron chi connectivity index (χ4n) is 4.45. The maximum atomic E-state index is 13.8. The van der Waals surface area contributed by atoms with Crippen LogP contribution in [0.2, 0.25) is 0 Å². The van der Waals surface area contributed by atoms with Crippen molar-refractivity contribution in [3.05, 3.63) is 41.6 Å². The van der Waals surface area contributed by atoms with Crippen LogP contribution >= 0.6 is 0 Å². The SMILES string of the molecule is Cc1cccc2c(-c3ccnc4c3[C@H](C(F)(F)F)OC(=O)N4)nn(C3CCNCC3)c12. The second kappa shape index (κ2) is 7.23. The summed E-state index contributed by atoms with van der Waals surface area (Å²) in [6.45, 7) is 3.68. The molecule has 1 fully saturated rings. The number of rotatable bonds is 2. The van der Waals surface area contributed by atoms with Crippen molar-refractivity contribution in [3.63, 3.8) is 0 Å². The first-order valence-electron chi connectivity index (χ1n) is 10.1. The zero-order valence-electron chi connectivity index (χ0n) is 16.7. The Morgan fingerprint density at radius 3 is 2.71 bits per heavy atom. The highest BCUT2D eigenvalue weighted by molar-refractivity contribution is 5.98. The largest absolute Gasteiger partial charge is 0.431 e. The standard InChI is InChI=1S/C21H20F3N5O2/c1-11-3-2-4-14-16(28-29(17(11)14)12-5-8-25-9-6-12)13-7-10-26-19-15(13)18(21(22,23)24)31-20(30)27-19/h2-4,7,10,12,18,25H,5-6,8-9H2,1H3,(H,26,27,30)/t18-/m1/s1. The number of nitrogens with one attached hydrogen (secondary N) is 2. The lowest BCUT2D eigenvalue weighted by Gasteiger charge is -2.28. The quantitative estimate of drug-likeness (QED) is 0.625. The average molecular weight is 431 g/mol. The molecule has 0 radical (unpaired) electrons. The monoisotopic (exact) mass is 431 g/mol. The fraction of sp³-hybridized carbons (Fsp3) is 0.381. The number of hydrogen-bond acceptors (Lipinski definition) is 5. The number of hydrogen-bond donors (Lipinski definition) is 2. The van der Waals surface area contributed by atoms with E-state index in [1.807, 2.05) is 29.8 Å². The Hall–Kier alpha value is -3.14. The Morgan fingerprint density at radius 2 is 1.97 bits per heavy atom. The van der Waals surface area contributed by atoms with Gasteiger partial charge in [0.25, 0.3) is 0 Å². The van der Waals surface area contributed by atoms with E-state index >= 15 is 0 Å². The van der Waals surface area contributed by atoms with Gasteiger partial charge in [-0.15, -0.1) is 0 Å². The third-order valence-corrected chi connectivity index (χ3v) is 5.83. The molecule has 2 N–H and O–H groups in total. The van der Waals surface area contributed by atoms with E-state index in [1.54, 1.807) is 0 Å². The summed E-state index contributed by atoms with van der Waals surface area (Å²) >= 11 is 0. The molecule has 10 heteroatoms. The highest BCUT2D eigenvalue weighted by Crippen LogP contribution is 2.46. The second-order valence-electron chi connectivity index (χ2n) is 7.82. The van der Waals surface area contributed by atoms with Gasteiger partial charge in [-0.25, -0.2) is 9.78 Å². The summed E-state index contributed by atoms with van der Waals surface area (Å²) in [6, 6.07) is 7.33. The van der Waals surface area contributed by atoms with Crippen LogP contribution in [0.3, 0.4) is 0 Å². The lowest BCUT2D eigenvalue weighted by Crippen LogP contribution is -2.34. The number of fused-ring (bicyclic) bond motifs is 2. The van der Waals surface area contributed by atoms with Crippen LogP contribution in [0.1, 0.15) is 36.1 Å². The Morgan fingerprint density at radius 1 is 1.19 bits per heavy atom. The van der Waals surface area contributed by atoms with Crippen LogP contribution in [0.4, 0.5) is 23.8 Å². The van der Waals surface area contributed by atoms with Crippen molar-refractivity contribution in [3.8, 4) is 11.3 Å². The number of benzene rings is 1. The number of ether oxygens (including phenoxy) is 1. The van der Waals surface area contributed by atoms with Gasteiger partial charge in [0, 0.05) is 17.1 Å². The van der Waals surface area contributed by atoms with E-state index < -0.39 is 18.4 Å². The van der Waals surface area contributed by atoms with Crippen LogP contribution in [0.5, 0.6) is 0 Å². The van der Waals surface area contributed by atoms with Crippen molar-refractivity contribution >= 4 is 22.8 Å². The second-order valence-corrected chi connectivity index (χ2v) is 7.82. The molecule has 1 amide bonds. The number of nitrogens with zero attached hydrogens (tertiary/aromatic N) is 3. The summed E-state index contributed by atoms with van der Waals surface area (Å²) in [5, 5.41) is 11.2. The number of carbonyl (C=O) groups is 1. The minimum absolute atomic E-state index is 0.144. The van der Waals surface area contributed by atoms with Gasteiger partial charge in [-0.3, -0.25) is 10.00 Å². The molecule has 2 aromatic heterocycles. The molecule has 1 saturated heterocycles. The smallest absolute Gasteiger partial charge is 0.430 e. The van der Waals surface area contributed by atoms with E-state index in [1.165, 1.54) is 12.3 Å². The molecule has 0 saturated carbocycles. The number of amides is 1. The zero-order chi connectivity index (χ0) is 21.8. The first kappa shape index (κ1) is 19.8. The Kier molecular flexibility index (Phi) is 4.62. The van der Waals surface area contributed by atoms with E-state index in [0.29, 0.717) is 5.69 Å². The van der Waals surface area contributed by atoms with Gasteiger partial charge in [-0.1, -0.05) is 18.2 Å². The minimum Gasteiger partial charge on any atom is -0.431 e. The third kappa shape index (κ3) is 3.31. The van der Waals surface area contributed by atoms with Crippen molar-refractivity contribution in [2.45, 2.75) is 38.1 Å². The normalized spacial score (nSPS) is 19.7. The van der Waals surface area contributed by atoms with E-state index in [2.05, 4.69) is 20.4 Å². The molecular formula is C21H20F3N5O2. The molecule has 2 aliphatic rings. The molecule has 1 aromatic carbocycles. The molecule has 4 heterocycles. The summed E-state index contributed by atoms with van der Waals surface area (Å²) in [5.41, 5.74) is 2.34. The number of halogens is 3. The number of aromatic nitrogens is 3. The van der Waals surface area contributed by atoms with Crippen LogP contribution < -0.4 is 10.6 Å². The molecule has 7 nitrogen and oxygen atoms in total. The fourth-order valence-corrected chi connectivity index (χ4v) is 4.45. The number of piperidine rings is 1. The predicted octanol–water partition coefficient (Wildman–Crippen LogP) is 4.50. The number of carbonyl (C=O) groups excluding carboxylic acids is 1. The molecule has 0 spiro atoms. The molecule has 1 atom stereocenters. The van der Waals surface area contributed by atoms with E-state index in [4.69, 9.17) is 5.10 Å². The summed E-state index contributed by atoms with van der Waals surface area (Å²) in [5.74, 6) is -0.159. The molecule has 162 valence electrons. The molecule has 3 aromatic rings. The Balaban J connectivity index is 1.76. The van der Waals surface area contributed by atoms with Gasteiger partial charge in [0.1, 0.15) is 11.5 Å². The number of cyclic esters (lactones) is 1. The van der Waals surface area contributed by atoms with Crippen molar-refractivity contribution in [1.82, 2.24) is 20.1 Å². The molecular weight excluding hydrogens is 411 g/mol. The Labute approximate surface area is 175 Å². The van der Waals surface area contributed by atoms with Crippen molar-refractivity contribution in [1.29, 1.82) is 0 Å². The van der Waals surface area contributed by atoms with Crippen LogP contribution in [0.25, 0.3) is 22.2 Å². The highest BCUT2D eigenvalue weighted by atomic mass is 19.4. The van der Waals surface area contributed by atoms with Crippen LogP contribution in [-0.2, 0) is 4.74 Å². The summed E-state index contributed by atoms with van der Waals surface area (Å²) < 4.78 is 48.0. The van der Waals surface area contributed by atoms with Crippen molar-refractivity contribution in [2.75, 3.05) is 18.4 Å². The van der Waals surface area contributed by atoms with Gasteiger partial charge in [0.15, 0.2) is 0 Å². The highest BCUT2D eigenvalue weighted by Gasteiger charge is 2.49. The van der Waals surface area contributed by atoms with E-state index in [-0.39, 0.29) is 23.0 Å². The summed E-state index contributed by atoms with van der Waals surface area (Å²) in [4.78, 5) is 15.7. The van der Waals surface area contributed by atoms with Crippen LogP contribution in [0, 0.1) is 6.92 Å². The number of para-hydroxylation sites is 1. The molecule has 2 aliphatic heterocycles. The zero-order valence-corrected chi connectivity index (χ0v) is 16.7. The first-order chi connectivity index (χ1) is 14.8.